The van der Waals surface area contributed by atoms with E-state index in [1.165, 1.54) is 7.11 Å². The minimum absolute atomic E-state index is 0.413. The van der Waals surface area contributed by atoms with Crippen LogP contribution in [0.2, 0.25) is 0 Å². The van der Waals surface area contributed by atoms with Crippen LogP contribution in [0.15, 0.2) is 12.7 Å². The SMILES string of the molecule is C=CCS(=O)OC. The van der Waals surface area contributed by atoms with E-state index < -0.39 is 11.1 Å². The molecule has 0 aliphatic carbocycles. The molecule has 0 aliphatic rings. The molecular formula is C4H8O2S. The maximum Gasteiger partial charge on any atom is 0.159 e. The molecule has 3 heteroatoms. The van der Waals surface area contributed by atoms with E-state index in [1.807, 2.05) is 0 Å². The molecule has 7 heavy (non-hydrogen) atoms. The van der Waals surface area contributed by atoms with Crippen molar-refractivity contribution in [2.75, 3.05) is 12.9 Å². The highest BCUT2D eigenvalue weighted by Crippen LogP contribution is 1.79. The van der Waals surface area contributed by atoms with Crippen LogP contribution in [0.1, 0.15) is 0 Å². The molecule has 0 aromatic heterocycles. The Hall–Kier alpha value is -0.150. The predicted molar refractivity (Wildman–Crippen MR) is 30.2 cm³/mol. The maximum absolute atomic E-state index is 10.2. The largest absolute Gasteiger partial charge is 0.294 e. The molecule has 0 aliphatic heterocycles. The Balaban J connectivity index is 3.17. The van der Waals surface area contributed by atoms with Gasteiger partial charge in [0.15, 0.2) is 11.1 Å². The van der Waals surface area contributed by atoms with E-state index in [9.17, 15) is 4.21 Å². The monoisotopic (exact) mass is 120 g/mol. The molecule has 0 fully saturated rings. The number of hydrogen-bond acceptors (Lipinski definition) is 2. The lowest BCUT2D eigenvalue weighted by atomic mass is 10.8. The first kappa shape index (κ1) is 6.85. The first-order valence-corrected chi connectivity index (χ1v) is 3.09. The van der Waals surface area contributed by atoms with E-state index in [2.05, 4.69) is 10.8 Å². The molecule has 0 amide bonds. The summed E-state index contributed by atoms with van der Waals surface area (Å²) in [6, 6.07) is 0. The molecule has 1 unspecified atom stereocenters. The van der Waals surface area contributed by atoms with Gasteiger partial charge < -0.3 is 0 Å². The smallest absolute Gasteiger partial charge is 0.159 e. The zero-order chi connectivity index (χ0) is 5.70. The van der Waals surface area contributed by atoms with E-state index >= 15 is 0 Å². The van der Waals surface area contributed by atoms with Gasteiger partial charge in [-0.3, -0.25) is 4.18 Å². The fraction of sp³-hybridized carbons (Fsp3) is 0.500. The van der Waals surface area contributed by atoms with Crippen LogP contribution in [0.3, 0.4) is 0 Å². The Morgan fingerprint density at radius 3 is 2.71 bits per heavy atom. The second-order valence-corrected chi connectivity index (χ2v) is 2.20. The molecule has 2 nitrogen and oxygen atoms in total. The average molecular weight is 120 g/mol. The standard InChI is InChI=1S/C4H8O2S/c1-3-4-7(5)6-2/h3H,1,4H2,2H3. The summed E-state index contributed by atoms with van der Waals surface area (Å²) < 4.78 is 14.6. The Kier molecular flexibility index (Phi) is 3.93. The van der Waals surface area contributed by atoms with E-state index in [0.717, 1.165) is 0 Å². The van der Waals surface area contributed by atoms with Crippen molar-refractivity contribution < 1.29 is 8.39 Å². The molecule has 0 heterocycles. The van der Waals surface area contributed by atoms with E-state index in [0.29, 0.717) is 5.75 Å². The zero-order valence-corrected chi connectivity index (χ0v) is 5.03. The molecule has 0 N–H and O–H groups in total. The molecular weight excluding hydrogens is 112 g/mol. The van der Waals surface area contributed by atoms with Crippen LogP contribution in [0.4, 0.5) is 0 Å². The van der Waals surface area contributed by atoms with Gasteiger partial charge in [-0.05, 0) is 0 Å². The van der Waals surface area contributed by atoms with E-state index in [-0.39, 0.29) is 0 Å². The summed E-state index contributed by atoms with van der Waals surface area (Å²) in [5.74, 6) is 0.413. The first-order chi connectivity index (χ1) is 3.31. The van der Waals surface area contributed by atoms with Crippen molar-refractivity contribution in [1.29, 1.82) is 0 Å². The third kappa shape index (κ3) is 3.69. The molecule has 0 rings (SSSR count). The quantitative estimate of drug-likeness (QED) is 0.506. The molecule has 0 aromatic carbocycles. The summed E-state index contributed by atoms with van der Waals surface area (Å²) in [4.78, 5) is 0. The van der Waals surface area contributed by atoms with Gasteiger partial charge in [0.2, 0.25) is 0 Å². The van der Waals surface area contributed by atoms with Crippen molar-refractivity contribution in [3.8, 4) is 0 Å². The highest BCUT2D eigenvalue weighted by molar-refractivity contribution is 7.80. The minimum atomic E-state index is -1.15. The maximum atomic E-state index is 10.2. The first-order valence-electron chi connectivity index (χ1n) is 1.85. The Bertz CT molecular complexity index is 79.8. The van der Waals surface area contributed by atoms with Gasteiger partial charge >= 0.3 is 0 Å². The van der Waals surface area contributed by atoms with Gasteiger partial charge in [-0.1, -0.05) is 6.08 Å². The molecule has 0 radical (unpaired) electrons. The summed E-state index contributed by atoms with van der Waals surface area (Å²) in [5, 5.41) is 0. The molecule has 0 saturated carbocycles. The Morgan fingerprint density at radius 1 is 2.00 bits per heavy atom. The Morgan fingerprint density at radius 2 is 2.57 bits per heavy atom. The lowest BCUT2D eigenvalue weighted by molar-refractivity contribution is 0.448. The highest BCUT2D eigenvalue weighted by Gasteiger charge is 1.86. The number of hydrogen-bond donors (Lipinski definition) is 0. The fourth-order valence-electron chi connectivity index (χ4n) is 0.164. The van der Waals surface area contributed by atoms with Crippen LogP contribution in [0.5, 0.6) is 0 Å². The van der Waals surface area contributed by atoms with Crippen LogP contribution >= 0.6 is 0 Å². The zero-order valence-electron chi connectivity index (χ0n) is 4.22. The van der Waals surface area contributed by atoms with E-state index in [4.69, 9.17) is 0 Å². The lowest BCUT2D eigenvalue weighted by Crippen LogP contribution is -1.93. The summed E-state index contributed by atoms with van der Waals surface area (Å²) in [7, 11) is 1.40. The van der Waals surface area contributed by atoms with Crippen molar-refractivity contribution in [2.45, 2.75) is 0 Å². The fourth-order valence-corrected chi connectivity index (χ4v) is 0.493. The highest BCUT2D eigenvalue weighted by atomic mass is 32.2. The van der Waals surface area contributed by atoms with Crippen LogP contribution in [0, 0.1) is 0 Å². The summed E-state index contributed by atoms with van der Waals surface area (Å²) in [5.41, 5.74) is 0. The van der Waals surface area contributed by atoms with Crippen LogP contribution in [-0.4, -0.2) is 17.1 Å². The number of rotatable bonds is 3. The summed E-state index contributed by atoms with van der Waals surface area (Å²) in [6.07, 6.45) is 1.56. The topological polar surface area (TPSA) is 26.3 Å². The van der Waals surface area contributed by atoms with Gasteiger partial charge in [0.05, 0.1) is 12.9 Å². The molecule has 0 aromatic rings. The molecule has 0 bridgehead atoms. The average Bonchev–Trinajstić information content (AvgIpc) is 1.68. The molecule has 0 saturated heterocycles. The normalized spacial score (nSPS) is 13.3. The van der Waals surface area contributed by atoms with Crippen molar-refractivity contribution >= 4 is 11.1 Å². The molecule has 1 atom stereocenters. The van der Waals surface area contributed by atoms with Crippen LogP contribution in [0.25, 0.3) is 0 Å². The Labute approximate surface area is 45.8 Å². The molecule has 0 spiro atoms. The van der Waals surface area contributed by atoms with Gasteiger partial charge in [0.25, 0.3) is 0 Å². The van der Waals surface area contributed by atoms with Crippen molar-refractivity contribution in [3.63, 3.8) is 0 Å². The molecule has 42 valence electrons. The van der Waals surface area contributed by atoms with Gasteiger partial charge in [-0.2, -0.15) is 0 Å². The summed E-state index contributed by atoms with van der Waals surface area (Å²) in [6.45, 7) is 3.38. The van der Waals surface area contributed by atoms with Crippen molar-refractivity contribution in [3.05, 3.63) is 12.7 Å². The predicted octanol–water partition coefficient (Wildman–Crippen LogP) is 0.483. The third-order valence-electron chi connectivity index (χ3n) is 0.440. The van der Waals surface area contributed by atoms with Gasteiger partial charge in [0.1, 0.15) is 0 Å². The van der Waals surface area contributed by atoms with Gasteiger partial charge in [-0.25, -0.2) is 4.21 Å². The van der Waals surface area contributed by atoms with Gasteiger partial charge in [-0.15, -0.1) is 6.58 Å². The minimum Gasteiger partial charge on any atom is -0.294 e. The van der Waals surface area contributed by atoms with E-state index in [1.54, 1.807) is 6.08 Å². The van der Waals surface area contributed by atoms with Crippen LogP contribution in [-0.2, 0) is 15.3 Å². The lowest BCUT2D eigenvalue weighted by Gasteiger charge is -1.87. The second kappa shape index (κ2) is 4.02. The van der Waals surface area contributed by atoms with Crippen molar-refractivity contribution in [1.82, 2.24) is 0 Å². The van der Waals surface area contributed by atoms with Crippen LogP contribution < -0.4 is 0 Å². The summed E-state index contributed by atoms with van der Waals surface area (Å²) >= 11 is -1.15. The van der Waals surface area contributed by atoms with Gasteiger partial charge in [0, 0.05) is 0 Å². The van der Waals surface area contributed by atoms with Crippen molar-refractivity contribution in [2.24, 2.45) is 0 Å². The second-order valence-electron chi connectivity index (χ2n) is 0.926. The third-order valence-corrected chi connectivity index (χ3v) is 1.32.